The van der Waals surface area contributed by atoms with E-state index >= 15 is 0 Å². The molecule has 0 aliphatic rings. The Hall–Kier alpha value is -1.36. The van der Waals surface area contributed by atoms with Gasteiger partial charge in [0.25, 0.3) is 0 Å². The van der Waals surface area contributed by atoms with Gasteiger partial charge in [-0.2, -0.15) is 0 Å². The van der Waals surface area contributed by atoms with E-state index in [9.17, 15) is 9.59 Å². The van der Waals surface area contributed by atoms with Gasteiger partial charge in [0.05, 0.1) is 16.4 Å². The Bertz CT molecular complexity index is 388. The van der Waals surface area contributed by atoms with Crippen molar-refractivity contribution in [3.05, 3.63) is 17.0 Å². The molecule has 1 heterocycles. The van der Waals surface area contributed by atoms with Crippen molar-refractivity contribution < 1.29 is 9.59 Å². The van der Waals surface area contributed by atoms with Crippen LogP contribution in [0.25, 0.3) is 0 Å². The lowest BCUT2D eigenvalue weighted by Gasteiger charge is -2.21. The fourth-order valence-corrected chi connectivity index (χ4v) is 2.35. The highest BCUT2D eigenvalue weighted by Crippen LogP contribution is 2.24. The minimum absolute atomic E-state index is 0.00269. The maximum absolute atomic E-state index is 11.7. The summed E-state index contributed by atoms with van der Waals surface area (Å²) in [5.74, 6) is 0.00269. The van der Waals surface area contributed by atoms with Gasteiger partial charge in [-0.15, -0.1) is 11.3 Å². The van der Waals surface area contributed by atoms with E-state index in [2.05, 4.69) is 5.32 Å². The van der Waals surface area contributed by atoms with Gasteiger partial charge in [0, 0.05) is 12.6 Å². The zero-order valence-corrected chi connectivity index (χ0v) is 11.2. The fourth-order valence-electron chi connectivity index (χ4n) is 1.46. The second-order valence-electron chi connectivity index (χ2n) is 4.03. The molecular weight excluding hydrogens is 236 g/mol. The quantitative estimate of drug-likeness (QED) is 0.789. The maximum atomic E-state index is 11.7. The fraction of sp³-hybridized carbons (Fsp3) is 0.500. The highest BCUT2D eigenvalue weighted by atomic mass is 32.1. The molecule has 0 unspecified atom stereocenters. The topological polar surface area (TPSA) is 49.4 Å². The summed E-state index contributed by atoms with van der Waals surface area (Å²) in [6.45, 7) is 6.93. The molecule has 94 valence electrons. The number of thiophene rings is 1. The van der Waals surface area contributed by atoms with E-state index in [-0.39, 0.29) is 11.9 Å². The van der Waals surface area contributed by atoms with E-state index in [0.29, 0.717) is 11.4 Å². The second kappa shape index (κ2) is 6.39. The molecule has 1 N–H and O–H groups in total. The van der Waals surface area contributed by atoms with E-state index in [1.807, 2.05) is 31.7 Å². The molecule has 0 aliphatic heterocycles. The zero-order chi connectivity index (χ0) is 12.8. The smallest absolute Gasteiger partial charge is 0.239 e. The molecule has 0 saturated heterocycles. The van der Waals surface area contributed by atoms with Gasteiger partial charge in [0.1, 0.15) is 0 Å². The first kappa shape index (κ1) is 13.7. The molecular formula is C12H18N2O2S. The Morgan fingerprint density at radius 1 is 1.53 bits per heavy atom. The monoisotopic (exact) mass is 254 g/mol. The average Bonchev–Trinajstić information content (AvgIpc) is 2.73. The zero-order valence-electron chi connectivity index (χ0n) is 10.4. The standard InChI is InChI=1S/C12H18N2O2S/c1-4-14(7-11(16)13-9(2)3)12-6-5-10(8-15)17-12/h5-6,8-9H,4,7H2,1-3H3,(H,13,16). The van der Waals surface area contributed by atoms with Gasteiger partial charge in [-0.25, -0.2) is 0 Å². The van der Waals surface area contributed by atoms with Gasteiger partial charge < -0.3 is 10.2 Å². The van der Waals surface area contributed by atoms with E-state index in [1.165, 1.54) is 11.3 Å². The van der Waals surface area contributed by atoms with Crippen molar-refractivity contribution in [3.8, 4) is 0 Å². The van der Waals surface area contributed by atoms with Gasteiger partial charge in [0.15, 0.2) is 6.29 Å². The first-order chi connectivity index (χ1) is 8.06. The van der Waals surface area contributed by atoms with Crippen molar-refractivity contribution in [2.75, 3.05) is 18.0 Å². The number of nitrogens with zero attached hydrogens (tertiary/aromatic N) is 1. The molecule has 0 radical (unpaired) electrons. The number of aldehydes is 1. The number of carbonyl (C=O) groups is 2. The molecule has 0 spiro atoms. The number of carbonyl (C=O) groups excluding carboxylic acids is 2. The second-order valence-corrected chi connectivity index (χ2v) is 5.12. The number of amides is 1. The molecule has 5 heteroatoms. The van der Waals surface area contributed by atoms with Crippen molar-refractivity contribution in [2.45, 2.75) is 26.8 Å². The van der Waals surface area contributed by atoms with Crippen molar-refractivity contribution in [1.29, 1.82) is 0 Å². The van der Waals surface area contributed by atoms with Crippen LogP contribution in [0.1, 0.15) is 30.4 Å². The van der Waals surface area contributed by atoms with Crippen LogP contribution in [0.5, 0.6) is 0 Å². The highest BCUT2D eigenvalue weighted by molar-refractivity contribution is 7.17. The van der Waals surface area contributed by atoms with Crippen molar-refractivity contribution in [2.24, 2.45) is 0 Å². The third kappa shape index (κ3) is 4.19. The number of rotatable bonds is 6. The Morgan fingerprint density at radius 2 is 2.24 bits per heavy atom. The van der Waals surface area contributed by atoms with Crippen LogP contribution in [0, 0.1) is 0 Å². The van der Waals surface area contributed by atoms with Crippen LogP contribution < -0.4 is 10.2 Å². The molecule has 4 nitrogen and oxygen atoms in total. The third-order valence-electron chi connectivity index (χ3n) is 2.21. The molecule has 0 atom stereocenters. The van der Waals surface area contributed by atoms with Crippen LogP contribution in [-0.4, -0.2) is 31.3 Å². The van der Waals surface area contributed by atoms with Crippen molar-refractivity contribution >= 4 is 28.5 Å². The molecule has 17 heavy (non-hydrogen) atoms. The van der Waals surface area contributed by atoms with Gasteiger partial charge in [-0.1, -0.05) is 0 Å². The predicted octanol–water partition coefficient (Wildman–Crippen LogP) is 1.91. The first-order valence-corrected chi connectivity index (χ1v) is 6.47. The van der Waals surface area contributed by atoms with Gasteiger partial charge in [-0.3, -0.25) is 9.59 Å². The average molecular weight is 254 g/mol. The van der Waals surface area contributed by atoms with Gasteiger partial charge >= 0.3 is 0 Å². The molecule has 0 fully saturated rings. The number of likely N-dealkylation sites (N-methyl/N-ethyl adjacent to an activating group) is 1. The summed E-state index contributed by atoms with van der Waals surface area (Å²) in [5.41, 5.74) is 0. The normalized spacial score (nSPS) is 10.4. The molecule has 0 bridgehead atoms. The van der Waals surface area contributed by atoms with Crippen LogP contribution in [0.3, 0.4) is 0 Å². The maximum Gasteiger partial charge on any atom is 0.239 e. The van der Waals surface area contributed by atoms with E-state index in [4.69, 9.17) is 0 Å². The number of nitrogens with one attached hydrogen (secondary N) is 1. The van der Waals surface area contributed by atoms with Crippen LogP contribution in [0.15, 0.2) is 12.1 Å². The summed E-state index contributed by atoms with van der Waals surface area (Å²) in [5, 5.41) is 3.80. The summed E-state index contributed by atoms with van der Waals surface area (Å²) in [4.78, 5) is 24.9. The summed E-state index contributed by atoms with van der Waals surface area (Å²) >= 11 is 1.40. The van der Waals surface area contributed by atoms with Crippen LogP contribution in [0.2, 0.25) is 0 Å². The molecule has 0 aromatic carbocycles. The summed E-state index contributed by atoms with van der Waals surface area (Å²) in [6.07, 6.45) is 0.830. The van der Waals surface area contributed by atoms with Crippen molar-refractivity contribution in [3.63, 3.8) is 0 Å². The summed E-state index contributed by atoms with van der Waals surface area (Å²) in [6, 6.07) is 3.80. The van der Waals surface area contributed by atoms with Crippen molar-refractivity contribution in [1.82, 2.24) is 5.32 Å². The minimum atomic E-state index is 0.00269. The first-order valence-electron chi connectivity index (χ1n) is 5.66. The Morgan fingerprint density at radius 3 is 2.71 bits per heavy atom. The summed E-state index contributed by atoms with van der Waals surface area (Å²) in [7, 11) is 0. The third-order valence-corrected chi connectivity index (χ3v) is 3.28. The number of anilines is 1. The van der Waals surface area contributed by atoms with E-state index in [0.717, 1.165) is 17.8 Å². The van der Waals surface area contributed by atoms with Gasteiger partial charge in [0.2, 0.25) is 5.91 Å². The molecule has 1 aromatic rings. The van der Waals surface area contributed by atoms with Crippen LogP contribution in [-0.2, 0) is 4.79 Å². The molecule has 0 saturated carbocycles. The predicted molar refractivity (Wildman–Crippen MR) is 70.9 cm³/mol. The Labute approximate surface area is 106 Å². The Kier molecular flexibility index (Phi) is 5.15. The van der Waals surface area contributed by atoms with Gasteiger partial charge in [-0.05, 0) is 32.9 Å². The highest BCUT2D eigenvalue weighted by Gasteiger charge is 2.12. The minimum Gasteiger partial charge on any atom is -0.354 e. The molecule has 0 aliphatic carbocycles. The molecule has 1 amide bonds. The van der Waals surface area contributed by atoms with E-state index in [1.54, 1.807) is 6.07 Å². The number of hydrogen-bond donors (Lipinski definition) is 1. The Balaban J connectivity index is 2.65. The SMILES string of the molecule is CCN(CC(=O)NC(C)C)c1ccc(C=O)s1. The largest absolute Gasteiger partial charge is 0.354 e. The summed E-state index contributed by atoms with van der Waals surface area (Å²) < 4.78 is 0. The lowest BCUT2D eigenvalue weighted by molar-refractivity contribution is -0.120. The molecule has 1 aromatic heterocycles. The lowest BCUT2D eigenvalue weighted by atomic mass is 10.3. The van der Waals surface area contributed by atoms with E-state index < -0.39 is 0 Å². The molecule has 1 rings (SSSR count). The van der Waals surface area contributed by atoms with Crippen LogP contribution in [0.4, 0.5) is 5.00 Å². The lowest BCUT2D eigenvalue weighted by Crippen LogP contribution is -2.39. The van der Waals surface area contributed by atoms with Crippen LogP contribution >= 0.6 is 11.3 Å². The number of hydrogen-bond acceptors (Lipinski definition) is 4.